The van der Waals surface area contributed by atoms with Crippen molar-refractivity contribution in [2.24, 2.45) is 0 Å². The normalized spacial score (nSPS) is 20.2. The molecule has 2 aromatic rings. The van der Waals surface area contributed by atoms with E-state index in [0.717, 1.165) is 9.88 Å². The van der Waals surface area contributed by atoms with Crippen molar-refractivity contribution >= 4 is 74.3 Å². The van der Waals surface area contributed by atoms with Crippen LogP contribution < -0.4 is 5.32 Å². The Morgan fingerprint density at radius 3 is 2.29 bits per heavy atom. The van der Waals surface area contributed by atoms with E-state index in [4.69, 9.17) is 51.1 Å². The molecule has 1 aliphatic heterocycles. The lowest BCUT2D eigenvalue weighted by atomic mass is 9.92. The number of benzene rings is 2. The minimum atomic E-state index is -4.12. The second-order valence-corrected chi connectivity index (χ2v) is 13.3. The van der Waals surface area contributed by atoms with Crippen molar-refractivity contribution in [1.29, 1.82) is 0 Å². The smallest absolute Gasteiger partial charge is 0.341 e. The van der Waals surface area contributed by atoms with Gasteiger partial charge in [-0.05, 0) is 62.4 Å². The zero-order chi connectivity index (χ0) is 29.9. The van der Waals surface area contributed by atoms with E-state index in [-0.39, 0.29) is 49.9 Å². The van der Waals surface area contributed by atoms with Gasteiger partial charge in [0.05, 0.1) is 20.5 Å². The van der Waals surface area contributed by atoms with Crippen LogP contribution in [0.5, 0.6) is 0 Å². The van der Waals surface area contributed by atoms with Crippen molar-refractivity contribution in [1.82, 2.24) is 9.62 Å². The predicted octanol–water partition coefficient (Wildman–Crippen LogP) is 5.75. The number of hydrogen-bond donors (Lipinski definition) is 2. The fourth-order valence-electron chi connectivity index (χ4n) is 4.89. The molecule has 0 spiro atoms. The number of amides is 1. The maximum atomic E-state index is 13.3. The highest BCUT2D eigenvalue weighted by atomic mass is 35.5. The molecule has 41 heavy (non-hydrogen) atoms. The van der Waals surface area contributed by atoms with E-state index in [0.29, 0.717) is 25.7 Å². The van der Waals surface area contributed by atoms with Crippen LogP contribution in [0.1, 0.15) is 48.9 Å². The van der Waals surface area contributed by atoms with Crippen LogP contribution in [0.3, 0.4) is 0 Å². The van der Waals surface area contributed by atoms with Crippen molar-refractivity contribution < 1.29 is 32.6 Å². The van der Waals surface area contributed by atoms with Crippen LogP contribution in [-0.2, 0) is 24.3 Å². The average molecular weight is 664 g/mol. The predicted molar refractivity (Wildman–Crippen MR) is 155 cm³/mol. The molecule has 2 aromatic carbocycles. The van der Waals surface area contributed by atoms with Crippen LogP contribution in [0.2, 0.25) is 20.1 Å². The number of nitrogens with one attached hydrogen (secondary N) is 1. The summed E-state index contributed by atoms with van der Waals surface area (Å²) < 4.78 is 33.2. The van der Waals surface area contributed by atoms with Crippen molar-refractivity contribution in [3.05, 3.63) is 73.7 Å². The van der Waals surface area contributed by atoms with Gasteiger partial charge < -0.3 is 15.2 Å². The van der Waals surface area contributed by atoms with Crippen LogP contribution >= 0.6 is 46.4 Å². The Hall–Kier alpha value is -2.34. The standard InChI is InChI=1S/C27H26Cl4N2O7S/c28-16-12-17(29)14-19(13-16)41(38,39)33-10-2-5-23(33)25(34)32-22(26(35)36)11-15-6-8-18(9-7-15)40-27(37)24-20(30)3-1-4-21(24)31/h1,3-4,6,12-14,18,22-23H,2,5,7-11H2,(H,32,34)(H,35,36). The first-order valence-corrected chi connectivity index (χ1v) is 15.7. The molecule has 9 nitrogen and oxygen atoms in total. The monoisotopic (exact) mass is 662 g/mol. The van der Waals surface area contributed by atoms with Crippen molar-refractivity contribution in [2.75, 3.05) is 6.54 Å². The van der Waals surface area contributed by atoms with Crippen molar-refractivity contribution in [3.63, 3.8) is 0 Å². The number of ether oxygens (including phenoxy) is 1. The Balaban J connectivity index is 1.39. The van der Waals surface area contributed by atoms with Gasteiger partial charge in [0.15, 0.2) is 0 Å². The first-order valence-electron chi connectivity index (χ1n) is 12.7. The number of halogens is 4. The molecule has 220 valence electrons. The van der Waals surface area contributed by atoms with Gasteiger partial charge in [-0.2, -0.15) is 4.31 Å². The summed E-state index contributed by atoms with van der Waals surface area (Å²) >= 11 is 24.1. The molecule has 3 unspecified atom stereocenters. The van der Waals surface area contributed by atoms with Gasteiger partial charge >= 0.3 is 11.9 Å². The lowest BCUT2D eigenvalue weighted by Gasteiger charge is -2.27. The molecular formula is C27H26Cl4N2O7S. The summed E-state index contributed by atoms with van der Waals surface area (Å²) in [7, 11) is -4.12. The Kier molecular flexibility index (Phi) is 10.3. The summed E-state index contributed by atoms with van der Waals surface area (Å²) in [5, 5.41) is 12.9. The molecule has 1 aliphatic carbocycles. The van der Waals surface area contributed by atoms with E-state index in [1.165, 1.54) is 30.3 Å². The molecule has 1 fully saturated rings. The number of sulfonamides is 1. The topological polar surface area (TPSA) is 130 Å². The Morgan fingerprint density at radius 1 is 1.05 bits per heavy atom. The summed E-state index contributed by atoms with van der Waals surface area (Å²) in [5.74, 6) is -2.60. The zero-order valence-electron chi connectivity index (χ0n) is 21.5. The van der Waals surface area contributed by atoms with Gasteiger partial charge in [0, 0.05) is 23.0 Å². The van der Waals surface area contributed by atoms with Crippen LogP contribution in [0.15, 0.2) is 52.9 Å². The largest absolute Gasteiger partial charge is 0.480 e. The van der Waals surface area contributed by atoms with Crippen molar-refractivity contribution in [3.8, 4) is 0 Å². The highest BCUT2D eigenvalue weighted by molar-refractivity contribution is 7.89. The van der Waals surface area contributed by atoms with Crippen LogP contribution in [-0.4, -0.2) is 60.4 Å². The second kappa shape index (κ2) is 13.3. The van der Waals surface area contributed by atoms with Crippen LogP contribution in [0, 0.1) is 0 Å². The summed E-state index contributed by atoms with van der Waals surface area (Å²) in [6.07, 6.45) is 3.23. The number of carboxylic acid groups (broad SMARTS) is 1. The molecule has 2 aliphatic rings. The highest BCUT2D eigenvalue weighted by Gasteiger charge is 2.41. The number of carbonyl (C=O) groups excluding carboxylic acids is 2. The zero-order valence-corrected chi connectivity index (χ0v) is 25.3. The SMILES string of the molecule is O=C(OC1CC=C(CC(NC(=O)C2CCCN2S(=O)(=O)c2cc(Cl)cc(Cl)c2)C(=O)O)CC1)c1c(Cl)cccc1Cl. The maximum Gasteiger partial charge on any atom is 0.341 e. The van der Waals surface area contributed by atoms with Gasteiger partial charge in [0.2, 0.25) is 15.9 Å². The number of esters is 1. The highest BCUT2D eigenvalue weighted by Crippen LogP contribution is 2.31. The molecule has 2 N–H and O–H groups in total. The minimum absolute atomic E-state index is 0.0153. The third-order valence-corrected chi connectivity index (χ3v) is 9.88. The molecule has 3 atom stereocenters. The van der Waals surface area contributed by atoms with E-state index in [1.54, 1.807) is 12.1 Å². The number of carboxylic acids is 1. The average Bonchev–Trinajstić information content (AvgIpc) is 3.40. The molecule has 14 heteroatoms. The number of nitrogens with zero attached hydrogens (tertiary/aromatic N) is 1. The molecule has 0 radical (unpaired) electrons. The lowest BCUT2D eigenvalue weighted by molar-refractivity contribution is -0.142. The molecule has 1 saturated heterocycles. The molecule has 0 bridgehead atoms. The number of hydrogen-bond acceptors (Lipinski definition) is 6. The van der Waals surface area contributed by atoms with Gasteiger partial charge in [-0.1, -0.05) is 64.1 Å². The first-order chi connectivity index (χ1) is 19.4. The van der Waals surface area contributed by atoms with Gasteiger partial charge in [-0.15, -0.1) is 0 Å². The second-order valence-electron chi connectivity index (χ2n) is 9.74. The van der Waals surface area contributed by atoms with Crippen LogP contribution in [0.25, 0.3) is 0 Å². The summed E-state index contributed by atoms with van der Waals surface area (Å²) in [4.78, 5) is 37.6. The van der Waals surface area contributed by atoms with Gasteiger partial charge in [-0.25, -0.2) is 18.0 Å². The lowest BCUT2D eigenvalue weighted by Crippen LogP contribution is -2.51. The fraction of sp³-hybridized carbons (Fsp3) is 0.370. The van der Waals surface area contributed by atoms with E-state index < -0.39 is 46.1 Å². The van der Waals surface area contributed by atoms with Gasteiger partial charge in [-0.3, -0.25) is 4.79 Å². The maximum absolute atomic E-state index is 13.3. The minimum Gasteiger partial charge on any atom is -0.480 e. The molecule has 0 aromatic heterocycles. The summed E-state index contributed by atoms with van der Waals surface area (Å²) in [6.45, 7) is 0.0902. The van der Waals surface area contributed by atoms with Crippen LogP contribution in [0.4, 0.5) is 0 Å². The molecule has 4 rings (SSSR count). The third-order valence-electron chi connectivity index (χ3n) is 6.93. The van der Waals surface area contributed by atoms with Gasteiger partial charge in [0.25, 0.3) is 0 Å². The number of carbonyl (C=O) groups is 3. The summed E-state index contributed by atoms with van der Waals surface area (Å²) in [6, 6.07) is 6.23. The Morgan fingerprint density at radius 2 is 1.71 bits per heavy atom. The Bertz CT molecular complexity index is 1460. The third kappa shape index (κ3) is 7.55. The number of aliphatic carboxylic acids is 1. The molecular weight excluding hydrogens is 638 g/mol. The quantitative estimate of drug-likeness (QED) is 0.258. The van der Waals surface area contributed by atoms with Gasteiger partial charge in [0.1, 0.15) is 18.2 Å². The van der Waals surface area contributed by atoms with E-state index in [9.17, 15) is 27.9 Å². The number of rotatable bonds is 9. The van der Waals surface area contributed by atoms with E-state index in [2.05, 4.69) is 5.32 Å². The molecule has 0 saturated carbocycles. The first kappa shape index (κ1) is 31.6. The van der Waals surface area contributed by atoms with E-state index in [1.807, 2.05) is 0 Å². The van der Waals surface area contributed by atoms with Crippen molar-refractivity contribution in [2.45, 2.75) is 61.6 Å². The van der Waals surface area contributed by atoms with E-state index >= 15 is 0 Å². The Labute approximate surface area is 257 Å². The summed E-state index contributed by atoms with van der Waals surface area (Å²) in [5.41, 5.74) is 0.853. The molecule has 1 heterocycles. The fourth-order valence-corrected chi connectivity index (χ4v) is 7.83. The molecule has 1 amide bonds.